The number of hydrogen-bond donors (Lipinski definition) is 3. The van der Waals surface area contributed by atoms with Crippen LogP contribution in [0.25, 0.3) is 6.08 Å². The van der Waals surface area contributed by atoms with Crippen LogP contribution in [0.1, 0.15) is 50.3 Å². The second-order valence-electron chi connectivity index (χ2n) is 10.1. The zero-order valence-electron chi connectivity index (χ0n) is 23.2. The fraction of sp³-hybridized carbons (Fsp3) is 0.393. The number of fused-ring (bicyclic) bond motifs is 1. The normalized spacial score (nSPS) is 21.7. The molecule has 15 heteroatoms. The first-order chi connectivity index (χ1) is 20.8. The van der Waals surface area contributed by atoms with Gasteiger partial charge >= 0.3 is 11.9 Å². The first-order valence-electron chi connectivity index (χ1n) is 13.7. The van der Waals surface area contributed by atoms with Crippen molar-refractivity contribution in [3.63, 3.8) is 0 Å². The van der Waals surface area contributed by atoms with E-state index in [4.69, 9.17) is 15.2 Å². The van der Waals surface area contributed by atoms with Crippen LogP contribution in [0.3, 0.4) is 0 Å². The quantitative estimate of drug-likeness (QED) is 0.0928. The van der Waals surface area contributed by atoms with Gasteiger partial charge in [-0.2, -0.15) is 0 Å². The molecule has 2 aromatic rings. The van der Waals surface area contributed by atoms with Crippen molar-refractivity contribution in [2.45, 2.75) is 56.7 Å². The Balaban J connectivity index is 1.33. The number of hydrogen-bond acceptors (Lipinski definition) is 13. The van der Waals surface area contributed by atoms with Crippen molar-refractivity contribution in [2.75, 3.05) is 11.5 Å². The second-order valence-corrected chi connectivity index (χ2v) is 12.1. The van der Waals surface area contributed by atoms with Crippen molar-refractivity contribution in [1.82, 2.24) is 20.2 Å². The number of esters is 2. The maximum absolute atomic E-state index is 13.5. The number of ether oxygens (including phenoxy) is 2. The summed E-state index contributed by atoms with van der Waals surface area (Å²) in [6.45, 7) is 1.46. The number of carbonyl (C=O) groups is 4. The molecule has 13 nitrogen and oxygen atoms in total. The number of nitrogens with two attached hydrogens (primary N) is 1. The van der Waals surface area contributed by atoms with E-state index in [1.165, 1.54) is 29.0 Å². The van der Waals surface area contributed by atoms with Crippen LogP contribution >= 0.6 is 23.1 Å². The number of anilines is 1. The van der Waals surface area contributed by atoms with E-state index in [0.29, 0.717) is 11.3 Å². The Kier molecular flexibility index (Phi) is 9.40. The van der Waals surface area contributed by atoms with Crippen molar-refractivity contribution in [1.29, 1.82) is 0 Å². The summed E-state index contributed by atoms with van der Waals surface area (Å²) in [5.41, 5.74) is 6.57. The van der Waals surface area contributed by atoms with Crippen molar-refractivity contribution >= 4 is 63.8 Å². The fourth-order valence-electron chi connectivity index (χ4n) is 5.08. The van der Waals surface area contributed by atoms with Gasteiger partial charge in [0.1, 0.15) is 22.8 Å². The summed E-state index contributed by atoms with van der Waals surface area (Å²) in [6.07, 6.45) is 10.0. The van der Waals surface area contributed by atoms with Crippen LogP contribution in [0.15, 0.2) is 52.4 Å². The molecular weight excluding hydrogens is 596 g/mol. The summed E-state index contributed by atoms with van der Waals surface area (Å²) < 4.78 is 11.0. The molecule has 2 aliphatic heterocycles. The van der Waals surface area contributed by atoms with Crippen molar-refractivity contribution in [3.8, 4) is 0 Å². The molecular formula is C28H30N6O7S2. The maximum atomic E-state index is 13.5. The number of β-lactam (4-membered cyclic amide) rings is 1. The Morgan fingerprint density at radius 3 is 2.70 bits per heavy atom. The smallest absolute Gasteiger partial charge is 0.358 e. The van der Waals surface area contributed by atoms with Crippen LogP contribution < -0.4 is 11.1 Å². The summed E-state index contributed by atoms with van der Waals surface area (Å²) in [5.74, 6) is -2.56. The molecule has 3 aliphatic rings. The lowest BCUT2D eigenvalue weighted by molar-refractivity contribution is -0.187. The van der Waals surface area contributed by atoms with Gasteiger partial charge in [0.25, 0.3) is 11.8 Å². The van der Waals surface area contributed by atoms with Crippen molar-refractivity contribution in [2.24, 2.45) is 11.1 Å². The summed E-state index contributed by atoms with van der Waals surface area (Å²) in [4.78, 5) is 61.7. The molecule has 0 radical (unpaired) electrons. The first kappa shape index (κ1) is 30.2. The number of amides is 2. The number of nitrogens with zero attached hydrogens (tertiary/aromatic N) is 4. The molecule has 2 amide bonds. The van der Waals surface area contributed by atoms with E-state index in [1.54, 1.807) is 30.6 Å². The number of nitrogens with one attached hydrogen (secondary N) is 1. The third-order valence-electron chi connectivity index (χ3n) is 7.21. The van der Waals surface area contributed by atoms with Gasteiger partial charge < -0.3 is 25.7 Å². The van der Waals surface area contributed by atoms with E-state index in [9.17, 15) is 24.4 Å². The Morgan fingerprint density at radius 2 is 2.02 bits per heavy atom. The molecule has 1 unspecified atom stereocenters. The average molecular weight is 627 g/mol. The highest BCUT2D eigenvalue weighted by molar-refractivity contribution is 8.00. The third-order valence-corrected chi connectivity index (χ3v) is 9.19. The minimum Gasteiger partial charge on any atom is -0.425 e. The number of nitrogen functional groups attached to an aromatic ring is 1. The Morgan fingerprint density at radius 1 is 1.23 bits per heavy atom. The van der Waals surface area contributed by atoms with Gasteiger partial charge in [0.15, 0.2) is 10.8 Å². The van der Waals surface area contributed by atoms with Crippen LogP contribution in [0.2, 0.25) is 0 Å². The van der Waals surface area contributed by atoms with E-state index in [1.807, 2.05) is 6.07 Å². The lowest BCUT2D eigenvalue weighted by Crippen LogP contribution is -2.71. The summed E-state index contributed by atoms with van der Waals surface area (Å²) in [5, 5.41) is 16.0. The standard InChI is InChI=1S/C28H30N6O7S2/c1-15(40-26(37)17-7-3-2-4-8-17)41-27(38)22-18(10-9-16-6-5-11-30-12-16)13-42-25-21(24(36)34(22)25)32-23(35)20(33-39)19-14-43-28(29)31-19/h5-6,9-12,14-15,17,21,25,39H,2-4,7-8,13H2,1H3,(H2,29,31)(H,32,35)/b10-9-,33-20?/t15?,21-,25+/m1/s1. The van der Waals surface area contributed by atoms with Crippen molar-refractivity contribution < 1.29 is 33.9 Å². The summed E-state index contributed by atoms with van der Waals surface area (Å²) in [7, 11) is 0. The van der Waals surface area contributed by atoms with Gasteiger partial charge in [0.2, 0.25) is 6.29 Å². The van der Waals surface area contributed by atoms with Gasteiger partial charge in [-0.3, -0.25) is 24.3 Å². The molecule has 0 aromatic carbocycles. The molecule has 226 valence electrons. The minimum absolute atomic E-state index is 0.0109. The van der Waals surface area contributed by atoms with Gasteiger partial charge in [0, 0.05) is 30.5 Å². The number of allylic oxidation sites excluding steroid dienone is 1. The van der Waals surface area contributed by atoms with Crippen LogP contribution in [0, 0.1) is 5.92 Å². The van der Waals surface area contributed by atoms with E-state index >= 15 is 0 Å². The zero-order chi connectivity index (χ0) is 30.5. The average Bonchev–Trinajstić information content (AvgIpc) is 3.44. The molecule has 1 saturated carbocycles. The molecule has 1 saturated heterocycles. The predicted molar refractivity (Wildman–Crippen MR) is 158 cm³/mol. The van der Waals surface area contributed by atoms with Gasteiger partial charge in [-0.05, 0) is 30.0 Å². The van der Waals surface area contributed by atoms with E-state index in [0.717, 1.165) is 49.0 Å². The minimum atomic E-state index is -1.17. The number of aromatic nitrogens is 2. The summed E-state index contributed by atoms with van der Waals surface area (Å²) in [6, 6.07) is 2.59. The zero-order valence-corrected chi connectivity index (χ0v) is 24.8. The molecule has 43 heavy (non-hydrogen) atoms. The molecule has 0 spiro atoms. The lowest BCUT2D eigenvalue weighted by Gasteiger charge is -2.49. The van der Waals surface area contributed by atoms with Gasteiger partial charge in [-0.1, -0.05) is 42.6 Å². The highest BCUT2D eigenvalue weighted by Gasteiger charge is 2.54. The number of rotatable bonds is 9. The van der Waals surface area contributed by atoms with Gasteiger partial charge in [-0.25, -0.2) is 9.78 Å². The monoisotopic (exact) mass is 626 g/mol. The van der Waals surface area contributed by atoms with Crippen LogP contribution in [-0.4, -0.2) is 73.0 Å². The number of thiazole rings is 1. The fourth-order valence-corrected chi connectivity index (χ4v) is 6.95. The number of thioether (sulfide) groups is 1. The van der Waals surface area contributed by atoms with Gasteiger partial charge in [0.05, 0.1) is 5.92 Å². The predicted octanol–water partition coefficient (Wildman–Crippen LogP) is 2.68. The highest BCUT2D eigenvalue weighted by Crippen LogP contribution is 2.41. The maximum Gasteiger partial charge on any atom is 0.358 e. The Bertz CT molecular complexity index is 1490. The van der Waals surface area contributed by atoms with Crippen LogP contribution in [0.5, 0.6) is 0 Å². The molecule has 5 rings (SSSR count). The second kappa shape index (κ2) is 13.4. The van der Waals surface area contributed by atoms with E-state index in [-0.39, 0.29) is 22.4 Å². The topological polar surface area (TPSA) is 186 Å². The van der Waals surface area contributed by atoms with Crippen LogP contribution in [-0.2, 0) is 28.7 Å². The van der Waals surface area contributed by atoms with Crippen molar-refractivity contribution in [3.05, 3.63) is 58.5 Å². The summed E-state index contributed by atoms with van der Waals surface area (Å²) >= 11 is 2.40. The molecule has 4 N–H and O–H groups in total. The Labute approximate surface area is 255 Å². The van der Waals surface area contributed by atoms with Gasteiger partial charge in [-0.15, -0.1) is 23.1 Å². The number of carbonyl (C=O) groups excluding carboxylic acids is 4. The highest BCUT2D eigenvalue weighted by atomic mass is 32.2. The number of oxime groups is 1. The molecule has 3 atom stereocenters. The third kappa shape index (κ3) is 6.72. The lowest BCUT2D eigenvalue weighted by atomic mass is 9.89. The van der Waals surface area contributed by atoms with E-state index < -0.39 is 47.2 Å². The molecule has 4 heterocycles. The molecule has 1 aliphatic carbocycles. The number of pyridine rings is 1. The van der Waals surface area contributed by atoms with E-state index in [2.05, 4.69) is 20.4 Å². The first-order valence-corrected chi connectivity index (χ1v) is 15.6. The molecule has 2 fully saturated rings. The largest absolute Gasteiger partial charge is 0.425 e. The molecule has 2 aromatic heterocycles. The SMILES string of the molecule is CC(OC(=O)C1=C(/C=C\c2cccnc2)CS[C@H]2[C@H](NC(=O)C(=NO)c3csc(N)n3)C(=O)N12)OC(=O)C1CCCCC1. The van der Waals surface area contributed by atoms with Crippen LogP contribution in [0.4, 0.5) is 5.13 Å². The Hall–Kier alpha value is -4.24. The molecule has 0 bridgehead atoms.